The first-order chi connectivity index (χ1) is 20.4. The van der Waals surface area contributed by atoms with Crippen LogP contribution in [-0.2, 0) is 31.9 Å². The van der Waals surface area contributed by atoms with Crippen LogP contribution in [0.4, 0.5) is 37.7 Å². The van der Waals surface area contributed by atoms with E-state index >= 15 is 0 Å². The number of rotatable bonds is 6. The minimum atomic E-state index is -5.11. The predicted molar refractivity (Wildman–Crippen MR) is 147 cm³/mol. The SMILES string of the molecule is O=C(Nc1ccc(N2CCc3ccccc3C2)c(C(=O)NCc2cccnc2)c1)c1cc(C(F)(F)F)cc(C(F)(F)F)c1. The number of carbonyl (C=O) groups excluding carboxylic acids is 2. The Bertz CT molecular complexity index is 1620. The summed E-state index contributed by atoms with van der Waals surface area (Å²) in [6.45, 7) is 1.25. The summed E-state index contributed by atoms with van der Waals surface area (Å²) in [5.74, 6) is -1.69. The molecule has 2 heterocycles. The molecule has 0 aliphatic carbocycles. The Balaban J connectivity index is 1.46. The fraction of sp³-hybridized carbons (Fsp3) is 0.194. The Morgan fingerprint density at radius 3 is 2.16 bits per heavy atom. The Kier molecular flexibility index (Phi) is 8.12. The van der Waals surface area contributed by atoms with Gasteiger partial charge in [-0.15, -0.1) is 0 Å². The molecule has 43 heavy (non-hydrogen) atoms. The molecule has 6 nitrogen and oxygen atoms in total. The Morgan fingerprint density at radius 1 is 0.814 bits per heavy atom. The third-order valence-corrected chi connectivity index (χ3v) is 7.00. The van der Waals surface area contributed by atoms with Crippen molar-refractivity contribution in [2.75, 3.05) is 16.8 Å². The second-order valence-corrected chi connectivity index (χ2v) is 9.96. The summed E-state index contributed by atoms with van der Waals surface area (Å²) >= 11 is 0. The number of pyridine rings is 1. The third-order valence-electron chi connectivity index (χ3n) is 7.00. The first-order valence-corrected chi connectivity index (χ1v) is 13.1. The molecular weight excluding hydrogens is 574 g/mol. The molecule has 2 amide bonds. The summed E-state index contributed by atoms with van der Waals surface area (Å²) in [6, 6.07) is 16.4. The lowest BCUT2D eigenvalue weighted by Crippen LogP contribution is -2.33. The number of amides is 2. The van der Waals surface area contributed by atoms with Crippen LogP contribution in [0.3, 0.4) is 0 Å². The number of benzene rings is 3. The van der Waals surface area contributed by atoms with E-state index in [0.29, 0.717) is 30.9 Å². The molecule has 0 spiro atoms. The van der Waals surface area contributed by atoms with Crippen molar-refractivity contribution in [3.8, 4) is 0 Å². The predicted octanol–water partition coefficient (Wildman–Crippen LogP) is 6.86. The highest BCUT2D eigenvalue weighted by Gasteiger charge is 2.37. The maximum atomic E-state index is 13.4. The van der Waals surface area contributed by atoms with Gasteiger partial charge in [-0.05, 0) is 65.6 Å². The number of nitrogens with zero attached hydrogens (tertiary/aromatic N) is 2. The number of hydrogen-bond acceptors (Lipinski definition) is 4. The second-order valence-electron chi connectivity index (χ2n) is 9.96. The molecule has 5 rings (SSSR count). The van der Waals surface area contributed by atoms with Crippen LogP contribution in [0.5, 0.6) is 0 Å². The van der Waals surface area contributed by atoms with Crippen LogP contribution in [0.2, 0.25) is 0 Å². The van der Waals surface area contributed by atoms with Crippen molar-refractivity contribution in [3.63, 3.8) is 0 Å². The van der Waals surface area contributed by atoms with Crippen molar-refractivity contribution < 1.29 is 35.9 Å². The van der Waals surface area contributed by atoms with E-state index in [0.717, 1.165) is 17.5 Å². The summed E-state index contributed by atoms with van der Waals surface area (Å²) in [6.07, 6.45) is -6.31. The second kappa shape index (κ2) is 11.8. The number of aromatic nitrogens is 1. The van der Waals surface area contributed by atoms with Crippen LogP contribution in [0, 0.1) is 0 Å². The number of nitrogens with one attached hydrogen (secondary N) is 2. The van der Waals surface area contributed by atoms with Gasteiger partial charge in [0, 0.05) is 49.0 Å². The highest BCUT2D eigenvalue weighted by Crippen LogP contribution is 2.37. The summed E-state index contributed by atoms with van der Waals surface area (Å²) in [5.41, 5.74) is -0.311. The van der Waals surface area contributed by atoms with Crippen LogP contribution in [0.25, 0.3) is 0 Å². The van der Waals surface area contributed by atoms with E-state index in [4.69, 9.17) is 0 Å². The lowest BCUT2D eigenvalue weighted by molar-refractivity contribution is -0.143. The van der Waals surface area contributed by atoms with Crippen LogP contribution in [-0.4, -0.2) is 23.3 Å². The van der Waals surface area contributed by atoms with Gasteiger partial charge < -0.3 is 15.5 Å². The summed E-state index contributed by atoms with van der Waals surface area (Å²) in [4.78, 5) is 32.4. The maximum Gasteiger partial charge on any atom is 0.416 e. The Hall–Kier alpha value is -4.87. The van der Waals surface area contributed by atoms with E-state index in [-0.39, 0.29) is 23.9 Å². The van der Waals surface area contributed by atoms with Gasteiger partial charge in [-0.3, -0.25) is 14.6 Å². The number of halogens is 6. The van der Waals surface area contributed by atoms with E-state index in [1.807, 2.05) is 29.2 Å². The molecule has 0 bridgehead atoms. The van der Waals surface area contributed by atoms with Gasteiger partial charge in [-0.1, -0.05) is 30.3 Å². The van der Waals surface area contributed by atoms with Crippen LogP contribution >= 0.6 is 0 Å². The molecule has 0 saturated heterocycles. The van der Waals surface area contributed by atoms with Crippen molar-refractivity contribution in [1.82, 2.24) is 10.3 Å². The molecule has 0 atom stereocenters. The molecule has 0 fully saturated rings. The van der Waals surface area contributed by atoms with E-state index in [9.17, 15) is 35.9 Å². The molecule has 0 radical (unpaired) electrons. The van der Waals surface area contributed by atoms with Crippen molar-refractivity contribution in [3.05, 3.63) is 124 Å². The highest BCUT2D eigenvalue weighted by molar-refractivity contribution is 6.06. The smallest absolute Gasteiger partial charge is 0.366 e. The van der Waals surface area contributed by atoms with Crippen molar-refractivity contribution in [2.45, 2.75) is 31.9 Å². The van der Waals surface area contributed by atoms with Crippen molar-refractivity contribution in [1.29, 1.82) is 0 Å². The Labute approximate surface area is 242 Å². The van der Waals surface area contributed by atoms with Gasteiger partial charge in [0.05, 0.1) is 16.7 Å². The molecule has 1 aromatic heterocycles. The first kappa shape index (κ1) is 29.6. The fourth-order valence-electron chi connectivity index (χ4n) is 4.84. The van der Waals surface area contributed by atoms with Crippen LogP contribution in [0.1, 0.15) is 48.5 Å². The van der Waals surface area contributed by atoms with E-state index < -0.39 is 40.9 Å². The minimum Gasteiger partial charge on any atom is -0.366 e. The third kappa shape index (κ3) is 6.96. The number of anilines is 2. The van der Waals surface area contributed by atoms with Gasteiger partial charge in [0.1, 0.15) is 0 Å². The molecule has 1 aliphatic heterocycles. The topological polar surface area (TPSA) is 74.3 Å². The normalized spacial score (nSPS) is 13.3. The van der Waals surface area contributed by atoms with Crippen LogP contribution < -0.4 is 15.5 Å². The van der Waals surface area contributed by atoms with E-state index in [2.05, 4.69) is 15.6 Å². The van der Waals surface area contributed by atoms with Gasteiger partial charge in [-0.2, -0.15) is 26.3 Å². The number of alkyl halides is 6. The van der Waals surface area contributed by atoms with Gasteiger partial charge in [0.25, 0.3) is 11.8 Å². The lowest BCUT2D eigenvalue weighted by atomic mass is 9.98. The highest BCUT2D eigenvalue weighted by atomic mass is 19.4. The molecule has 0 saturated carbocycles. The quantitative estimate of drug-likeness (QED) is 0.238. The molecule has 3 aromatic carbocycles. The maximum absolute atomic E-state index is 13.4. The molecule has 4 aromatic rings. The number of carbonyl (C=O) groups is 2. The van der Waals surface area contributed by atoms with Crippen LogP contribution in [0.15, 0.2) is 85.2 Å². The van der Waals surface area contributed by atoms with Crippen molar-refractivity contribution in [2.24, 2.45) is 0 Å². The zero-order valence-electron chi connectivity index (χ0n) is 22.4. The zero-order valence-corrected chi connectivity index (χ0v) is 22.4. The lowest BCUT2D eigenvalue weighted by Gasteiger charge is -2.32. The molecule has 2 N–H and O–H groups in total. The first-order valence-electron chi connectivity index (χ1n) is 13.1. The summed E-state index contributed by atoms with van der Waals surface area (Å²) < 4.78 is 80.0. The van der Waals surface area contributed by atoms with Gasteiger partial charge in [0.2, 0.25) is 0 Å². The van der Waals surface area contributed by atoms with Gasteiger partial charge >= 0.3 is 12.4 Å². The molecule has 0 unspecified atom stereocenters. The standard InChI is InChI=1S/C31H24F6N4O2/c32-30(33,34)23-12-22(13-24(14-23)31(35,36)37)28(42)40-25-7-8-27(41-11-9-20-5-1-2-6-21(20)18-41)26(15-25)29(43)39-17-19-4-3-10-38-16-19/h1-8,10,12-16H,9,11,17-18H2,(H,39,43)(H,40,42). The number of hydrogen-bond donors (Lipinski definition) is 2. The van der Waals surface area contributed by atoms with E-state index in [1.54, 1.807) is 30.6 Å². The fourth-order valence-corrected chi connectivity index (χ4v) is 4.84. The Morgan fingerprint density at radius 2 is 1.51 bits per heavy atom. The van der Waals surface area contributed by atoms with Gasteiger partial charge in [-0.25, -0.2) is 0 Å². The number of fused-ring (bicyclic) bond motifs is 1. The monoisotopic (exact) mass is 598 g/mol. The minimum absolute atomic E-state index is 0.0173. The molecular formula is C31H24F6N4O2. The average Bonchev–Trinajstić information content (AvgIpc) is 2.99. The summed E-state index contributed by atoms with van der Waals surface area (Å²) in [5, 5.41) is 5.15. The molecule has 1 aliphatic rings. The van der Waals surface area contributed by atoms with Gasteiger partial charge in [0.15, 0.2) is 0 Å². The summed E-state index contributed by atoms with van der Waals surface area (Å²) in [7, 11) is 0. The molecule has 222 valence electrons. The largest absolute Gasteiger partial charge is 0.416 e. The zero-order chi connectivity index (χ0) is 30.8. The molecule has 12 heteroatoms. The van der Waals surface area contributed by atoms with E-state index in [1.165, 1.54) is 17.7 Å². The average molecular weight is 599 g/mol. The van der Waals surface area contributed by atoms with Crippen molar-refractivity contribution >= 4 is 23.2 Å².